The van der Waals surface area contributed by atoms with Gasteiger partial charge in [-0.15, -0.1) is 0 Å². The first-order valence-electron chi connectivity index (χ1n) is 7.38. The Morgan fingerprint density at radius 1 is 1.38 bits per heavy atom. The molecule has 1 saturated carbocycles. The van der Waals surface area contributed by atoms with E-state index >= 15 is 0 Å². The van der Waals surface area contributed by atoms with E-state index in [9.17, 15) is 8.42 Å². The lowest BCUT2D eigenvalue weighted by atomic mass is 10.1. The zero-order chi connectivity index (χ0) is 15.5. The SMILES string of the molecule is CC(CNS(=O)(=O)Cc1cccc(CN)c1)N(C)C1CC1. The maximum atomic E-state index is 12.2. The van der Waals surface area contributed by atoms with Crippen LogP contribution in [0.15, 0.2) is 24.3 Å². The number of nitrogens with two attached hydrogens (primary N) is 1. The van der Waals surface area contributed by atoms with Gasteiger partial charge in [0.1, 0.15) is 0 Å². The number of benzene rings is 1. The van der Waals surface area contributed by atoms with E-state index in [-0.39, 0.29) is 11.8 Å². The third-order valence-corrected chi connectivity index (χ3v) is 5.32. The van der Waals surface area contributed by atoms with E-state index in [4.69, 9.17) is 5.73 Å². The van der Waals surface area contributed by atoms with Crippen LogP contribution in [0.1, 0.15) is 30.9 Å². The van der Waals surface area contributed by atoms with Gasteiger partial charge >= 0.3 is 0 Å². The van der Waals surface area contributed by atoms with Gasteiger partial charge in [-0.25, -0.2) is 13.1 Å². The molecule has 1 aliphatic rings. The quantitative estimate of drug-likeness (QED) is 0.752. The molecule has 5 nitrogen and oxygen atoms in total. The number of sulfonamides is 1. The van der Waals surface area contributed by atoms with Crippen molar-refractivity contribution in [1.82, 2.24) is 9.62 Å². The molecular weight excluding hydrogens is 286 g/mol. The molecule has 0 aliphatic heterocycles. The second-order valence-corrected chi connectivity index (χ2v) is 7.68. The highest BCUT2D eigenvalue weighted by atomic mass is 32.2. The molecule has 0 radical (unpaired) electrons. The van der Waals surface area contributed by atoms with Gasteiger partial charge in [0.25, 0.3) is 0 Å². The van der Waals surface area contributed by atoms with Crippen molar-refractivity contribution in [1.29, 1.82) is 0 Å². The maximum absolute atomic E-state index is 12.2. The largest absolute Gasteiger partial charge is 0.326 e. The summed E-state index contributed by atoms with van der Waals surface area (Å²) in [6, 6.07) is 8.25. The van der Waals surface area contributed by atoms with Crippen molar-refractivity contribution in [3.05, 3.63) is 35.4 Å². The second kappa shape index (κ2) is 6.87. The summed E-state index contributed by atoms with van der Waals surface area (Å²) in [5, 5.41) is 0. The number of nitrogens with one attached hydrogen (secondary N) is 1. The predicted octanol–water partition coefficient (Wildman–Crippen LogP) is 1.05. The van der Waals surface area contributed by atoms with Crippen LogP contribution >= 0.6 is 0 Å². The lowest BCUT2D eigenvalue weighted by Gasteiger charge is -2.24. The Morgan fingerprint density at radius 3 is 2.67 bits per heavy atom. The molecular formula is C15H25N3O2S. The molecule has 6 heteroatoms. The van der Waals surface area contributed by atoms with E-state index in [1.807, 2.05) is 24.3 Å². The molecule has 1 fully saturated rings. The van der Waals surface area contributed by atoms with Gasteiger partial charge in [0, 0.05) is 25.2 Å². The van der Waals surface area contributed by atoms with Crippen LogP contribution in [-0.2, 0) is 22.3 Å². The van der Waals surface area contributed by atoms with E-state index in [0.717, 1.165) is 11.1 Å². The highest BCUT2D eigenvalue weighted by molar-refractivity contribution is 7.88. The average Bonchev–Trinajstić information content (AvgIpc) is 3.28. The lowest BCUT2D eigenvalue weighted by Crippen LogP contribution is -2.41. The number of hydrogen-bond donors (Lipinski definition) is 2. The average molecular weight is 311 g/mol. The van der Waals surface area contributed by atoms with Crippen molar-refractivity contribution in [2.45, 2.75) is 44.1 Å². The number of nitrogens with zero attached hydrogens (tertiary/aromatic N) is 1. The minimum absolute atomic E-state index is 0.000697. The highest BCUT2D eigenvalue weighted by Crippen LogP contribution is 2.26. The van der Waals surface area contributed by atoms with Crippen molar-refractivity contribution in [3.8, 4) is 0 Å². The fraction of sp³-hybridized carbons (Fsp3) is 0.600. The van der Waals surface area contributed by atoms with Crippen molar-refractivity contribution in [3.63, 3.8) is 0 Å². The molecule has 0 bridgehead atoms. The number of hydrogen-bond acceptors (Lipinski definition) is 4. The van der Waals surface area contributed by atoms with Gasteiger partial charge in [-0.3, -0.25) is 4.90 Å². The normalized spacial score (nSPS) is 17.1. The van der Waals surface area contributed by atoms with Gasteiger partial charge in [-0.05, 0) is 37.9 Å². The number of rotatable bonds is 8. The van der Waals surface area contributed by atoms with Crippen LogP contribution in [0.3, 0.4) is 0 Å². The summed E-state index contributed by atoms with van der Waals surface area (Å²) in [5.74, 6) is 0.000697. The maximum Gasteiger partial charge on any atom is 0.215 e. The third-order valence-electron chi connectivity index (χ3n) is 4.00. The van der Waals surface area contributed by atoms with E-state index in [0.29, 0.717) is 19.1 Å². The van der Waals surface area contributed by atoms with Crippen molar-refractivity contribution in [2.75, 3.05) is 13.6 Å². The highest BCUT2D eigenvalue weighted by Gasteiger charge is 2.29. The molecule has 1 aromatic carbocycles. The van der Waals surface area contributed by atoms with Crippen LogP contribution in [-0.4, -0.2) is 39.0 Å². The van der Waals surface area contributed by atoms with Gasteiger partial charge in [-0.2, -0.15) is 0 Å². The van der Waals surface area contributed by atoms with E-state index in [1.165, 1.54) is 12.8 Å². The standard InChI is InChI=1S/C15H25N3O2S/c1-12(18(2)15-6-7-15)10-17-21(19,20)11-14-5-3-4-13(8-14)9-16/h3-5,8,12,15,17H,6-7,9-11,16H2,1-2H3. The topological polar surface area (TPSA) is 75.4 Å². The molecule has 21 heavy (non-hydrogen) atoms. The molecule has 1 aliphatic carbocycles. The minimum Gasteiger partial charge on any atom is -0.326 e. The first kappa shape index (κ1) is 16.4. The van der Waals surface area contributed by atoms with Crippen LogP contribution < -0.4 is 10.5 Å². The fourth-order valence-corrected chi connectivity index (χ4v) is 3.57. The fourth-order valence-electron chi connectivity index (χ4n) is 2.35. The van der Waals surface area contributed by atoms with E-state index in [1.54, 1.807) is 0 Å². The molecule has 1 aromatic rings. The van der Waals surface area contributed by atoms with Crippen LogP contribution in [0.5, 0.6) is 0 Å². The molecule has 118 valence electrons. The molecule has 0 heterocycles. The van der Waals surface area contributed by atoms with Gasteiger partial charge in [-0.1, -0.05) is 24.3 Å². The molecule has 0 saturated heterocycles. The van der Waals surface area contributed by atoms with Gasteiger partial charge in [0.2, 0.25) is 10.0 Å². The summed E-state index contributed by atoms with van der Waals surface area (Å²) < 4.78 is 27.0. The van der Waals surface area contributed by atoms with Crippen molar-refractivity contribution in [2.24, 2.45) is 5.73 Å². The van der Waals surface area contributed by atoms with Crippen molar-refractivity contribution >= 4 is 10.0 Å². The molecule has 0 aromatic heterocycles. The Morgan fingerprint density at radius 2 is 2.05 bits per heavy atom. The Hall–Kier alpha value is -0.950. The molecule has 0 spiro atoms. The molecule has 2 rings (SSSR count). The van der Waals surface area contributed by atoms with Crippen LogP contribution in [0, 0.1) is 0 Å². The smallest absolute Gasteiger partial charge is 0.215 e. The lowest BCUT2D eigenvalue weighted by molar-refractivity contribution is 0.248. The zero-order valence-electron chi connectivity index (χ0n) is 12.7. The predicted molar refractivity (Wildman–Crippen MR) is 85.2 cm³/mol. The molecule has 1 unspecified atom stereocenters. The van der Waals surface area contributed by atoms with Crippen LogP contribution in [0.2, 0.25) is 0 Å². The first-order chi connectivity index (χ1) is 9.91. The van der Waals surface area contributed by atoms with E-state index < -0.39 is 10.0 Å². The summed E-state index contributed by atoms with van der Waals surface area (Å²) in [4.78, 5) is 2.25. The molecule has 1 atom stereocenters. The Kier molecular flexibility index (Phi) is 5.37. The summed E-state index contributed by atoms with van der Waals surface area (Å²) in [6.07, 6.45) is 2.44. The Bertz CT molecular complexity index is 570. The monoisotopic (exact) mass is 311 g/mol. The summed E-state index contributed by atoms with van der Waals surface area (Å²) in [6.45, 7) is 2.92. The zero-order valence-corrected chi connectivity index (χ0v) is 13.6. The summed E-state index contributed by atoms with van der Waals surface area (Å²) in [7, 11) is -1.25. The van der Waals surface area contributed by atoms with Gasteiger partial charge in [0.15, 0.2) is 0 Å². The number of likely N-dealkylation sites (N-methyl/N-ethyl adjacent to an activating group) is 1. The summed E-state index contributed by atoms with van der Waals surface area (Å²) in [5.41, 5.74) is 7.30. The second-order valence-electron chi connectivity index (χ2n) is 5.88. The molecule has 0 amide bonds. The van der Waals surface area contributed by atoms with Gasteiger partial charge in [0.05, 0.1) is 5.75 Å². The Balaban J connectivity index is 1.88. The van der Waals surface area contributed by atoms with E-state index in [2.05, 4.69) is 23.6 Å². The van der Waals surface area contributed by atoms with Crippen LogP contribution in [0.4, 0.5) is 0 Å². The van der Waals surface area contributed by atoms with Gasteiger partial charge < -0.3 is 5.73 Å². The third kappa shape index (κ3) is 5.07. The van der Waals surface area contributed by atoms with Crippen molar-refractivity contribution < 1.29 is 8.42 Å². The Labute approximate surface area is 127 Å². The summed E-state index contributed by atoms with van der Waals surface area (Å²) >= 11 is 0. The van der Waals surface area contributed by atoms with Crippen LogP contribution in [0.25, 0.3) is 0 Å². The first-order valence-corrected chi connectivity index (χ1v) is 9.03. The molecule has 3 N–H and O–H groups in total. The minimum atomic E-state index is -3.31.